The van der Waals surface area contributed by atoms with Gasteiger partial charge in [0.25, 0.3) is 0 Å². The van der Waals surface area contributed by atoms with Crippen molar-refractivity contribution in [2.45, 2.75) is 39.2 Å². The molecule has 5 heteroatoms. The molecule has 0 bridgehead atoms. The molecule has 0 aromatic rings. The van der Waals surface area contributed by atoms with Crippen LogP contribution in [0.3, 0.4) is 0 Å². The second-order valence-electron chi connectivity index (χ2n) is 4.44. The van der Waals surface area contributed by atoms with Crippen LogP contribution in [0.1, 0.15) is 33.1 Å². The Bertz CT molecular complexity index is 288. The SMILES string of the molecule is CCCS(=O)(=O)N1CCCC(C(C)N)C1. The van der Waals surface area contributed by atoms with E-state index in [2.05, 4.69) is 0 Å². The second kappa shape index (κ2) is 5.27. The zero-order chi connectivity index (χ0) is 11.5. The van der Waals surface area contributed by atoms with Gasteiger partial charge in [0.05, 0.1) is 5.75 Å². The lowest BCUT2D eigenvalue weighted by molar-refractivity contribution is 0.243. The van der Waals surface area contributed by atoms with Crippen LogP contribution in [-0.4, -0.2) is 37.6 Å². The average Bonchev–Trinajstić information content (AvgIpc) is 2.18. The highest BCUT2D eigenvalue weighted by molar-refractivity contribution is 7.89. The first-order valence-corrected chi connectivity index (χ1v) is 7.31. The maximum Gasteiger partial charge on any atom is 0.214 e. The first kappa shape index (κ1) is 12.9. The molecule has 0 amide bonds. The molecule has 2 atom stereocenters. The Morgan fingerprint density at radius 2 is 2.20 bits per heavy atom. The largest absolute Gasteiger partial charge is 0.328 e. The Morgan fingerprint density at radius 1 is 1.53 bits per heavy atom. The van der Waals surface area contributed by atoms with Gasteiger partial charge >= 0.3 is 0 Å². The summed E-state index contributed by atoms with van der Waals surface area (Å²) in [5.41, 5.74) is 5.83. The topological polar surface area (TPSA) is 63.4 Å². The van der Waals surface area contributed by atoms with Gasteiger partial charge in [0.15, 0.2) is 0 Å². The molecule has 90 valence electrons. The summed E-state index contributed by atoms with van der Waals surface area (Å²) in [7, 11) is -3.02. The molecule has 0 aromatic heterocycles. The fourth-order valence-corrected chi connectivity index (χ4v) is 3.64. The molecule has 1 rings (SSSR count). The van der Waals surface area contributed by atoms with Crippen LogP contribution in [0.15, 0.2) is 0 Å². The maximum atomic E-state index is 11.8. The third kappa shape index (κ3) is 3.43. The molecular weight excluding hydrogens is 212 g/mol. The first-order chi connectivity index (χ1) is 6.97. The van der Waals surface area contributed by atoms with Gasteiger partial charge in [0, 0.05) is 19.1 Å². The fraction of sp³-hybridized carbons (Fsp3) is 1.00. The van der Waals surface area contributed by atoms with E-state index in [-0.39, 0.29) is 11.8 Å². The monoisotopic (exact) mass is 234 g/mol. The van der Waals surface area contributed by atoms with Crippen molar-refractivity contribution in [3.8, 4) is 0 Å². The number of nitrogens with two attached hydrogens (primary N) is 1. The Hall–Kier alpha value is -0.130. The molecule has 1 heterocycles. The van der Waals surface area contributed by atoms with Crippen LogP contribution in [0.25, 0.3) is 0 Å². The van der Waals surface area contributed by atoms with Crippen LogP contribution in [0.5, 0.6) is 0 Å². The average molecular weight is 234 g/mol. The van der Waals surface area contributed by atoms with E-state index >= 15 is 0 Å². The van der Waals surface area contributed by atoms with Crippen LogP contribution >= 0.6 is 0 Å². The Kier molecular flexibility index (Phi) is 4.55. The molecular formula is C10H22N2O2S. The van der Waals surface area contributed by atoms with Crippen LogP contribution in [0.2, 0.25) is 0 Å². The summed E-state index contributed by atoms with van der Waals surface area (Å²) in [5, 5.41) is 0. The van der Waals surface area contributed by atoms with Gasteiger partial charge < -0.3 is 5.73 Å². The van der Waals surface area contributed by atoms with E-state index in [1.807, 2.05) is 13.8 Å². The predicted molar refractivity (Wildman–Crippen MR) is 62.0 cm³/mol. The molecule has 0 radical (unpaired) electrons. The molecule has 1 aliphatic rings. The van der Waals surface area contributed by atoms with Gasteiger partial charge in [0.2, 0.25) is 10.0 Å². The zero-order valence-electron chi connectivity index (χ0n) is 9.65. The van der Waals surface area contributed by atoms with Gasteiger partial charge in [-0.1, -0.05) is 6.92 Å². The van der Waals surface area contributed by atoms with E-state index in [9.17, 15) is 8.42 Å². The van der Waals surface area contributed by atoms with Crippen molar-refractivity contribution < 1.29 is 8.42 Å². The summed E-state index contributed by atoms with van der Waals surface area (Å²) < 4.78 is 25.3. The molecule has 0 aromatic carbocycles. The van der Waals surface area contributed by atoms with Crippen LogP contribution in [-0.2, 0) is 10.0 Å². The Morgan fingerprint density at radius 3 is 2.73 bits per heavy atom. The first-order valence-electron chi connectivity index (χ1n) is 5.70. The van der Waals surface area contributed by atoms with Crippen molar-refractivity contribution in [2.75, 3.05) is 18.8 Å². The summed E-state index contributed by atoms with van der Waals surface area (Å²) in [6.07, 6.45) is 2.67. The quantitative estimate of drug-likeness (QED) is 0.782. The summed E-state index contributed by atoms with van der Waals surface area (Å²) in [5.74, 6) is 0.587. The minimum Gasteiger partial charge on any atom is -0.328 e. The molecule has 0 spiro atoms. The number of piperidine rings is 1. The van der Waals surface area contributed by atoms with E-state index in [1.54, 1.807) is 4.31 Å². The second-order valence-corrected chi connectivity index (χ2v) is 6.52. The molecule has 2 unspecified atom stereocenters. The molecule has 1 fully saturated rings. The van der Waals surface area contributed by atoms with E-state index in [0.717, 1.165) is 12.8 Å². The molecule has 0 saturated carbocycles. The highest BCUT2D eigenvalue weighted by atomic mass is 32.2. The number of nitrogens with zero attached hydrogens (tertiary/aromatic N) is 1. The van der Waals surface area contributed by atoms with Crippen molar-refractivity contribution in [3.05, 3.63) is 0 Å². The predicted octanol–water partition coefficient (Wildman–Crippen LogP) is 0.785. The number of sulfonamides is 1. The fourth-order valence-electron chi connectivity index (χ4n) is 2.04. The van der Waals surface area contributed by atoms with Crippen LogP contribution in [0.4, 0.5) is 0 Å². The number of hydrogen-bond donors (Lipinski definition) is 1. The summed E-state index contributed by atoms with van der Waals surface area (Å²) in [4.78, 5) is 0. The van der Waals surface area contributed by atoms with Gasteiger partial charge in [-0.25, -0.2) is 12.7 Å². The lowest BCUT2D eigenvalue weighted by Crippen LogP contribution is -2.45. The lowest BCUT2D eigenvalue weighted by Gasteiger charge is -2.33. The van der Waals surface area contributed by atoms with Crippen molar-refractivity contribution in [3.63, 3.8) is 0 Å². The standard InChI is InChI=1S/C10H22N2O2S/c1-3-7-15(13,14)12-6-4-5-10(8-12)9(2)11/h9-10H,3-8,11H2,1-2H3. The van der Waals surface area contributed by atoms with Crippen LogP contribution < -0.4 is 5.73 Å². The summed E-state index contributed by atoms with van der Waals surface area (Å²) >= 11 is 0. The van der Waals surface area contributed by atoms with Crippen molar-refractivity contribution in [2.24, 2.45) is 11.7 Å². The highest BCUT2D eigenvalue weighted by Crippen LogP contribution is 2.21. The lowest BCUT2D eigenvalue weighted by atomic mass is 9.93. The molecule has 0 aliphatic carbocycles. The third-order valence-electron chi connectivity index (χ3n) is 3.02. The Balaban J connectivity index is 2.63. The smallest absolute Gasteiger partial charge is 0.214 e. The zero-order valence-corrected chi connectivity index (χ0v) is 10.5. The maximum absolute atomic E-state index is 11.8. The van der Waals surface area contributed by atoms with Gasteiger partial charge in [-0.05, 0) is 32.1 Å². The molecule has 1 saturated heterocycles. The van der Waals surface area contributed by atoms with E-state index < -0.39 is 10.0 Å². The molecule has 1 aliphatic heterocycles. The van der Waals surface area contributed by atoms with Gasteiger partial charge in [-0.2, -0.15) is 0 Å². The van der Waals surface area contributed by atoms with E-state index in [4.69, 9.17) is 5.73 Å². The third-order valence-corrected chi connectivity index (χ3v) is 5.06. The molecule has 15 heavy (non-hydrogen) atoms. The highest BCUT2D eigenvalue weighted by Gasteiger charge is 2.29. The Labute approximate surface area is 92.9 Å². The van der Waals surface area contributed by atoms with E-state index in [0.29, 0.717) is 25.4 Å². The van der Waals surface area contributed by atoms with E-state index in [1.165, 1.54) is 0 Å². The minimum absolute atomic E-state index is 0.0876. The normalized spacial score (nSPS) is 26.5. The van der Waals surface area contributed by atoms with Crippen molar-refractivity contribution in [1.82, 2.24) is 4.31 Å². The number of hydrogen-bond acceptors (Lipinski definition) is 3. The van der Waals surface area contributed by atoms with Crippen molar-refractivity contribution >= 4 is 10.0 Å². The molecule has 4 nitrogen and oxygen atoms in total. The number of rotatable bonds is 4. The molecule has 2 N–H and O–H groups in total. The van der Waals surface area contributed by atoms with Crippen LogP contribution in [0, 0.1) is 5.92 Å². The van der Waals surface area contributed by atoms with Gasteiger partial charge in [-0.3, -0.25) is 0 Å². The summed E-state index contributed by atoms with van der Waals surface area (Å²) in [6.45, 7) is 5.14. The summed E-state index contributed by atoms with van der Waals surface area (Å²) in [6, 6.07) is 0.0876. The minimum atomic E-state index is -3.02. The van der Waals surface area contributed by atoms with Gasteiger partial charge in [-0.15, -0.1) is 0 Å². The van der Waals surface area contributed by atoms with Gasteiger partial charge in [0.1, 0.15) is 0 Å². The van der Waals surface area contributed by atoms with Crippen molar-refractivity contribution in [1.29, 1.82) is 0 Å².